The molecule has 1 aromatic rings. The molecule has 1 heterocycles. The van der Waals surface area contributed by atoms with E-state index in [0.717, 1.165) is 32.1 Å². The van der Waals surface area contributed by atoms with Crippen molar-refractivity contribution in [1.82, 2.24) is 10.1 Å². The first-order chi connectivity index (χ1) is 8.54. The number of ether oxygens (including phenoxy) is 1. The molecule has 2 rings (SSSR count). The highest BCUT2D eigenvalue weighted by molar-refractivity contribution is 5.02. The van der Waals surface area contributed by atoms with Crippen molar-refractivity contribution in [3.63, 3.8) is 0 Å². The zero-order chi connectivity index (χ0) is 13.2. The number of hydrogen-bond acceptors (Lipinski definition) is 5. The molecule has 0 aliphatic heterocycles. The van der Waals surface area contributed by atoms with E-state index in [2.05, 4.69) is 10.1 Å². The Labute approximate surface area is 108 Å². The van der Waals surface area contributed by atoms with Gasteiger partial charge in [-0.05, 0) is 26.7 Å². The molecule has 5 heteroatoms. The quantitative estimate of drug-likeness (QED) is 0.839. The van der Waals surface area contributed by atoms with Crippen LogP contribution in [0.5, 0.6) is 0 Å². The van der Waals surface area contributed by atoms with Gasteiger partial charge in [-0.2, -0.15) is 4.98 Å². The van der Waals surface area contributed by atoms with Crippen molar-refractivity contribution < 1.29 is 14.4 Å². The zero-order valence-corrected chi connectivity index (χ0v) is 11.3. The number of aliphatic hydroxyl groups is 1. The van der Waals surface area contributed by atoms with Crippen molar-refractivity contribution in [1.29, 1.82) is 0 Å². The van der Waals surface area contributed by atoms with Crippen LogP contribution in [0, 0.1) is 0 Å². The molecule has 0 spiro atoms. The van der Waals surface area contributed by atoms with Crippen molar-refractivity contribution >= 4 is 0 Å². The first-order valence-electron chi connectivity index (χ1n) is 6.62. The maximum Gasteiger partial charge on any atom is 0.232 e. The Kier molecular flexibility index (Phi) is 4.02. The van der Waals surface area contributed by atoms with Crippen LogP contribution in [0.25, 0.3) is 0 Å². The zero-order valence-electron chi connectivity index (χ0n) is 11.3. The Hall–Kier alpha value is -0.940. The SMILES string of the molecule is COC(C)(C)c1noc(C2CCCCCC2O)n1. The van der Waals surface area contributed by atoms with Crippen LogP contribution in [0.4, 0.5) is 0 Å². The second-order valence-corrected chi connectivity index (χ2v) is 5.48. The molecule has 0 saturated heterocycles. The molecule has 0 radical (unpaired) electrons. The predicted octanol–water partition coefficient (Wildman–Crippen LogP) is 2.36. The molecule has 1 N–H and O–H groups in total. The second kappa shape index (κ2) is 5.36. The molecule has 1 saturated carbocycles. The van der Waals surface area contributed by atoms with Gasteiger partial charge in [-0.25, -0.2) is 0 Å². The van der Waals surface area contributed by atoms with Gasteiger partial charge in [0.15, 0.2) is 0 Å². The van der Waals surface area contributed by atoms with Crippen molar-refractivity contribution in [2.75, 3.05) is 7.11 Å². The monoisotopic (exact) mass is 254 g/mol. The van der Waals surface area contributed by atoms with Gasteiger partial charge in [-0.1, -0.05) is 24.4 Å². The van der Waals surface area contributed by atoms with Gasteiger partial charge >= 0.3 is 0 Å². The van der Waals surface area contributed by atoms with Gasteiger partial charge in [0.05, 0.1) is 12.0 Å². The number of aromatic nitrogens is 2. The Bertz CT molecular complexity index is 389. The summed E-state index contributed by atoms with van der Waals surface area (Å²) in [6.45, 7) is 3.79. The number of aliphatic hydroxyl groups excluding tert-OH is 1. The molecule has 102 valence electrons. The Morgan fingerprint density at radius 3 is 2.72 bits per heavy atom. The summed E-state index contributed by atoms with van der Waals surface area (Å²) in [5, 5.41) is 14.1. The molecule has 5 nitrogen and oxygen atoms in total. The smallest absolute Gasteiger partial charge is 0.232 e. The first-order valence-corrected chi connectivity index (χ1v) is 6.62. The third-order valence-electron chi connectivity index (χ3n) is 3.79. The lowest BCUT2D eigenvalue weighted by Gasteiger charge is -2.18. The lowest BCUT2D eigenvalue weighted by atomic mass is 9.97. The van der Waals surface area contributed by atoms with Crippen molar-refractivity contribution in [2.24, 2.45) is 0 Å². The van der Waals surface area contributed by atoms with Gasteiger partial charge < -0.3 is 14.4 Å². The van der Waals surface area contributed by atoms with Gasteiger partial charge in [0.1, 0.15) is 5.60 Å². The van der Waals surface area contributed by atoms with Crippen molar-refractivity contribution in [3.05, 3.63) is 11.7 Å². The molecule has 1 aromatic heterocycles. The first kappa shape index (κ1) is 13.5. The minimum absolute atomic E-state index is 0.0265. The largest absolute Gasteiger partial charge is 0.392 e. The van der Waals surface area contributed by atoms with Crippen molar-refractivity contribution in [2.45, 2.75) is 63.6 Å². The lowest BCUT2D eigenvalue weighted by Crippen LogP contribution is -2.22. The summed E-state index contributed by atoms with van der Waals surface area (Å²) in [5.74, 6) is 1.06. The second-order valence-electron chi connectivity index (χ2n) is 5.48. The average Bonchev–Trinajstić information content (AvgIpc) is 2.74. The molecule has 1 aliphatic carbocycles. The van der Waals surface area contributed by atoms with Crippen LogP contribution >= 0.6 is 0 Å². The topological polar surface area (TPSA) is 68.4 Å². The maximum atomic E-state index is 10.1. The number of methoxy groups -OCH3 is 1. The fourth-order valence-electron chi connectivity index (χ4n) is 2.30. The van der Waals surface area contributed by atoms with E-state index in [-0.39, 0.29) is 12.0 Å². The Morgan fingerprint density at radius 1 is 1.28 bits per heavy atom. The average molecular weight is 254 g/mol. The van der Waals surface area contributed by atoms with Gasteiger partial charge in [0, 0.05) is 7.11 Å². The van der Waals surface area contributed by atoms with E-state index in [1.807, 2.05) is 13.8 Å². The minimum atomic E-state index is -0.558. The molecule has 18 heavy (non-hydrogen) atoms. The number of rotatable bonds is 3. The summed E-state index contributed by atoms with van der Waals surface area (Å²) in [6.07, 6.45) is 4.70. The van der Waals surface area contributed by atoms with Crippen LogP contribution in [0.1, 0.15) is 63.6 Å². The Morgan fingerprint density at radius 2 is 2.00 bits per heavy atom. The van der Waals surface area contributed by atoms with E-state index in [9.17, 15) is 5.11 Å². The molecule has 2 unspecified atom stereocenters. The highest BCUT2D eigenvalue weighted by atomic mass is 16.5. The minimum Gasteiger partial charge on any atom is -0.392 e. The number of nitrogens with zero attached hydrogens (tertiary/aromatic N) is 2. The molecule has 1 aliphatic rings. The fourth-order valence-corrected chi connectivity index (χ4v) is 2.30. The molecular weight excluding hydrogens is 232 g/mol. The molecule has 2 atom stereocenters. The summed E-state index contributed by atoms with van der Waals surface area (Å²) in [7, 11) is 1.62. The third-order valence-corrected chi connectivity index (χ3v) is 3.79. The van der Waals surface area contributed by atoms with Crippen LogP contribution in [-0.2, 0) is 10.3 Å². The van der Waals surface area contributed by atoms with Crippen LogP contribution in [-0.4, -0.2) is 28.5 Å². The van der Waals surface area contributed by atoms with Crippen LogP contribution in [0.3, 0.4) is 0 Å². The van der Waals surface area contributed by atoms with Gasteiger partial charge in [-0.3, -0.25) is 0 Å². The summed E-state index contributed by atoms with van der Waals surface area (Å²) < 4.78 is 10.6. The summed E-state index contributed by atoms with van der Waals surface area (Å²) in [4.78, 5) is 4.41. The normalized spacial score (nSPS) is 26.0. The summed E-state index contributed by atoms with van der Waals surface area (Å²) >= 11 is 0. The highest BCUT2D eigenvalue weighted by Gasteiger charge is 2.32. The molecule has 0 aromatic carbocycles. The highest BCUT2D eigenvalue weighted by Crippen LogP contribution is 2.32. The van der Waals surface area contributed by atoms with Gasteiger partial charge in [0.2, 0.25) is 11.7 Å². The van der Waals surface area contributed by atoms with Gasteiger partial charge in [-0.15, -0.1) is 0 Å². The van der Waals surface area contributed by atoms with E-state index in [4.69, 9.17) is 9.26 Å². The van der Waals surface area contributed by atoms with Crippen LogP contribution in [0.2, 0.25) is 0 Å². The van der Waals surface area contributed by atoms with E-state index in [0.29, 0.717) is 11.7 Å². The molecule has 0 bridgehead atoms. The summed E-state index contributed by atoms with van der Waals surface area (Å²) in [5.41, 5.74) is -0.558. The van der Waals surface area contributed by atoms with E-state index in [1.54, 1.807) is 7.11 Å². The maximum absolute atomic E-state index is 10.1. The van der Waals surface area contributed by atoms with Crippen LogP contribution < -0.4 is 0 Å². The summed E-state index contributed by atoms with van der Waals surface area (Å²) in [6, 6.07) is 0. The van der Waals surface area contributed by atoms with E-state index in [1.165, 1.54) is 0 Å². The molecule has 0 amide bonds. The fraction of sp³-hybridized carbons (Fsp3) is 0.846. The van der Waals surface area contributed by atoms with Crippen molar-refractivity contribution in [3.8, 4) is 0 Å². The Balaban J connectivity index is 2.18. The van der Waals surface area contributed by atoms with Crippen LogP contribution in [0.15, 0.2) is 4.52 Å². The third kappa shape index (κ3) is 2.72. The van der Waals surface area contributed by atoms with E-state index < -0.39 is 5.60 Å². The predicted molar refractivity (Wildman–Crippen MR) is 66.2 cm³/mol. The molecule has 1 fully saturated rings. The number of hydrogen-bond donors (Lipinski definition) is 1. The van der Waals surface area contributed by atoms with E-state index >= 15 is 0 Å². The standard InChI is InChI=1S/C13H22N2O3/c1-13(2,17-3)12-14-11(18-15-12)9-7-5-4-6-8-10(9)16/h9-10,16H,4-8H2,1-3H3. The van der Waals surface area contributed by atoms with Gasteiger partial charge in [0.25, 0.3) is 0 Å². The lowest BCUT2D eigenvalue weighted by molar-refractivity contribution is 0.00973. The molecular formula is C13H22N2O3.